The van der Waals surface area contributed by atoms with E-state index >= 15 is 0 Å². The van der Waals surface area contributed by atoms with Gasteiger partial charge in [0.1, 0.15) is 17.1 Å². The van der Waals surface area contributed by atoms with Crippen molar-refractivity contribution in [3.8, 4) is 11.6 Å². The molecule has 0 unspecified atom stereocenters. The first kappa shape index (κ1) is 21.4. The van der Waals surface area contributed by atoms with Gasteiger partial charge in [-0.15, -0.1) is 0 Å². The Hall–Kier alpha value is -3.88. The maximum Gasteiger partial charge on any atom is 0.295 e. The minimum atomic E-state index is -0.594. The van der Waals surface area contributed by atoms with Gasteiger partial charge in [-0.2, -0.15) is 0 Å². The van der Waals surface area contributed by atoms with Crippen LogP contribution in [-0.4, -0.2) is 84.7 Å². The zero-order chi connectivity index (χ0) is 22.7. The predicted molar refractivity (Wildman–Crippen MR) is 121 cm³/mol. The van der Waals surface area contributed by atoms with E-state index in [9.17, 15) is 9.59 Å². The molecule has 2 aromatic heterocycles. The number of benzene rings is 1. The number of aromatic nitrogens is 2. The minimum absolute atomic E-state index is 0.241. The first-order chi connectivity index (χ1) is 15.6. The van der Waals surface area contributed by atoms with Gasteiger partial charge in [0.05, 0.1) is 31.4 Å². The molecule has 9 nitrogen and oxygen atoms in total. The fraction of sp³-hybridized carbons (Fsp3) is 0.304. The lowest BCUT2D eigenvalue weighted by Crippen LogP contribution is -2.52. The smallest absolute Gasteiger partial charge is 0.295 e. The number of pyridine rings is 1. The van der Waals surface area contributed by atoms with Gasteiger partial charge in [0.15, 0.2) is 0 Å². The summed E-state index contributed by atoms with van der Waals surface area (Å²) in [5, 5.41) is 0.487. The number of fused-ring (bicyclic) bond motifs is 1. The highest BCUT2D eigenvalue weighted by Crippen LogP contribution is 2.33. The summed E-state index contributed by atoms with van der Waals surface area (Å²) in [4.78, 5) is 41.4. The summed E-state index contributed by atoms with van der Waals surface area (Å²) >= 11 is 0. The Kier molecular flexibility index (Phi) is 6.07. The number of hydrogen-bond acceptors (Lipinski definition) is 6. The number of nitrogens with one attached hydrogen (secondary N) is 1. The van der Waals surface area contributed by atoms with Crippen molar-refractivity contribution in [2.24, 2.45) is 4.99 Å². The van der Waals surface area contributed by atoms with Gasteiger partial charge in [-0.25, -0.2) is 4.98 Å². The SMILES string of the molecule is CN=C(c1ccccc1)N1CCN(C(=O)C(=O)c2c[nH]c3c(OC)ncc(OC)c23)CC1. The summed E-state index contributed by atoms with van der Waals surface area (Å²) in [6.45, 7) is 2.05. The molecule has 0 saturated carbocycles. The lowest BCUT2D eigenvalue weighted by atomic mass is 10.1. The predicted octanol–water partition coefficient (Wildman–Crippen LogP) is 1.98. The molecule has 32 heavy (non-hydrogen) atoms. The van der Waals surface area contributed by atoms with Crippen LogP contribution in [0.2, 0.25) is 0 Å². The highest BCUT2D eigenvalue weighted by Gasteiger charge is 2.30. The van der Waals surface area contributed by atoms with Gasteiger partial charge in [-0.1, -0.05) is 30.3 Å². The monoisotopic (exact) mass is 435 g/mol. The van der Waals surface area contributed by atoms with Crippen molar-refractivity contribution < 1.29 is 19.1 Å². The van der Waals surface area contributed by atoms with Crippen LogP contribution in [-0.2, 0) is 4.79 Å². The van der Waals surface area contributed by atoms with E-state index in [2.05, 4.69) is 19.9 Å². The molecule has 4 rings (SSSR count). The number of amidine groups is 1. The Morgan fingerprint density at radius 2 is 1.72 bits per heavy atom. The van der Waals surface area contributed by atoms with Crippen LogP contribution in [0.15, 0.2) is 47.7 Å². The quantitative estimate of drug-likeness (QED) is 0.285. The second-order valence-corrected chi connectivity index (χ2v) is 7.31. The molecule has 1 aliphatic rings. The number of ether oxygens (including phenoxy) is 2. The van der Waals surface area contributed by atoms with E-state index in [1.54, 1.807) is 11.9 Å². The third kappa shape index (κ3) is 3.77. The van der Waals surface area contributed by atoms with Gasteiger partial charge < -0.3 is 24.3 Å². The van der Waals surface area contributed by atoms with Crippen molar-refractivity contribution in [3.05, 3.63) is 53.9 Å². The van der Waals surface area contributed by atoms with E-state index in [1.165, 1.54) is 26.6 Å². The number of hydrogen-bond donors (Lipinski definition) is 1. The number of Topliss-reactive ketones (excluding diaryl/α,β-unsaturated/α-hetero) is 1. The number of carbonyl (C=O) groups is 2. The molecule has 0 spiro atoms. The fourth-order valence-electron chi connectivity index (χ4n) is 4.00. The summed E-state index contributed by atoms with van der Waals surface area (Å²) in [5.74, 6) is 0.467. The van der Waals surface area contributed by atoms with Gasteiger partial charge in [0.2, 0.25) is 5.88 Å². The molecule has 3 heterocycles. The number of nitrogens with zero attached hydrogens (tertiary/aromatic N) is 4. The summed E-state index contributed by atoms with van der Waals surface area (Å²) in [6, 6.07) is 9.93. The molecule has 3 aromatic rings. The van der Waals surface area contributed by atoms with E-state index in [0.29, 0.717) is 48.7 Å². The number of carbonyl (C=O) groups excluding carboxylic acids is 2. The number of H-pyrrole nitrogens is 1. The largest absolute Gasteiger partial charge is 0.494 e. The van der Waals surface area contributed by atoms with Gasteiger partial charge in [0.25, 0.3) is 11.7 Å². The molecule has 166 valence electrons. The standard InChI is InChI=1S/C23H25N5O4/c1-24-21(15-7-5-4-6-8-15)27-9-11-28(12-10-27)23(30)20(29)16-13-25-19-18(16)17(31-2)14-26-22(19)32-3/h4-8,13-14,25H,9-12H2,1-3H3. The molecule has 1 aliphatic heterocycles. The highest BCUT2D eigenvalue weighted by molar-refractivity contribution is 6.45. The number of aromatic amines is 1. The number of methoxy groups -OCH3 is 2. The average molecular weight is 435 g/mol. The van der Waals surface area contributed by atoms with E-state index in [1.807, 2.05) is 30.3 Å². The number of ketones is 1. The van der Waals surface area contributed by atoms with E-state index in [4.69, 9.17) is 9.47 Å². The van der Waals surface area contributed by atoms with Crippen molar-refractivity contribution in [1.82, 2.24) is 19.8 Å². The zero-order valence-electron chi connectivity index (χ0n) is 18.3. The zero-order valence-corrected chi connectivity index (χ0v) is 18.3. The second kappa shape index (κ2) is 9.09. The van der Waals surface area contributed by atoms with Crippen molar-refractivity contribution >= 4 is 28.4 Å². The maximum absolute atomic E-state index is 13.1. The molecule has 0 atom stereocenters. The lowest BCUT2D eigenvalue weighted by molar-refractivity contribution is -0.127. The normalized spacial score (nSPS) is 14.5. The van der Waals surface area contributed by atoms with E-state index < -0.39 is 11.7 Å². The fourth-order valence-corrected chi connectivity index (χ4v) is 4.00. The highest BCUT2D eigenvalue weighted by atomic mass is 16.5. The van der Waals surface area contributed by atoms with Crippen molar-refractivity contribution in [2.75, 3.05) is 47.4 Å². The summed E-state index contributed by atoms with van der Waals surface area (Å²) in [7, 11) is 4.74. The van der Waals surface area contributed by atoms with Crippen LogP contribution in [0.4, 0.5) is 0 Å². The molecular weight excluding hydrogens is 410 g/mol. The second-order valence-electron chi connectivity index (χ2n) is 7.31. The van der Waals surface area contributed by atoms with Crippen molar-refractivity contribution in [3.63, 3.8) is 0 Å². The third-order valence-corrected chi connectivity index (χ3v) is 5.60. The van der Waals surface area contributed by atoms with Crippen LogP contribution in [0, 0.1) is 0 Å². The van der Waals surface area contributed by atoms with Gasteiger partial charge in [-0.05, 0) is 0 Å². The first-order valence-corrected chi connectivity index (χ1v) is 10.3. The number of rotatable bonds is 5. The molecule has 0 bridgehead atoms. The molecule has 0 aliphatic carbocycles. The Labute approximate surface area is 185 Å². The van der Waals surface area contributed by atoms with Crippen LogP contribution < -0.4 is 9.47 Å². The van der Waals surface area contributed by atoms with E-state index in [0.717, 1.165) is 11.4 Å². The third-order valence-electron chi connectivity index (χ3n) is 5.60. The summed E-state index contributed by atoms with van der Waals surface area (Å²) in [6.07, 6.45) is 2.98. The molecule has 9 heteroatoms. The van der Waals surface area contributed by atoms with Crippen LogP contribution in [0.25, 0.3) is 10.9 Å². The Bertz CT molecular complexity index is 1160. The summed E-state index contributed by atoms with van der Waals surface area (Å²) < 4.78 is 10.6. The minimum Gasteiger partial charge on any atom is -0.494 e. The Balaban J connectivity index is 1.51. The van der Waals surface area contributed by atoms with Crippen molar-refractivity contribution in [2.45, 2.75) is 0 Å². The molecule has 1 N–H and O–H groups in total. The summed E-state index contributed by atoms with van der Waals surface area (Å²) in [5.41, 5.74) is 1.78. The van der Waals surface area contributed by atoms with Gasteiger partial charge in [-0.3, -0.25) is 14.6 Å². The number of amides is 1. The Morgan fingerprint density at radius 3 is 2.34 bits per heavy atom. The maximum atomic E-state index is 13.1. The van der Waals surface area contributed by atoms with Gasteiger partial charge in [0, 0.05) is 45.0 Å². The van der Waals surface area contributed by atoms with Crippen LogP contribution in [0.3, 0.4) is 0 Å². The Morgan fingerprint density at radius 1 is 1.03 bits per heavy atom. The number of aliphatic imine (C=N–C) groups is 1. The topological polar surface area (TPSA) is 100 Å². The molecular formula is C23H25N5O4. The molecule has 1 fully saturated rings. The van der Waals surface area contributed by atoms with Gasteiger partial charge >= 0.3 is 0 Å². The van der Waals surface area contributed by atoms with Crippen LogP contribution >= 0.6 is 0 Å². The lowest BCUT2D eigenvalue weighted by Gasteiger charge is -2.36. The molecule has 1 amide bonds. The van der Waals surface area contributed by atoms with Crippen molar-refractivity contribution in [1.29, 1.82) is 0 Å². The average Bonchev–Trinajstić information content (AvgIpc) is 3.29. The molecule has 0 radical (unpaired) electrons. The molecule has 1 saturated heterocycles. The number of piperazine rings is 1. The van der Waals surface area contributed by atoms with Crippen LogP contribution in [0.1, 0.15) is 15.9 Å². The van der Waals surface area contributed by atoms with Crippen LogP contribution in [0.5, 0.6) is 11.6 Å². The van der Waals surface area contributed by atoms with E-state index in [-0.39, 0.29) is 5.56 Å². The first-order valence-electron chi connectivity index (χ1n) is 10.3. The molecule has 1 aromatic carbocycles.